The van der Waals surface area contributed by atoms with Crippen molar-refractivity contribution in [3.05, 3.63) is 35.9 Å². The zero-order valence-electron chi connectivity index (χ0n) is 11.5. The molecule has 1 unspecified atom stereocenters. The monoisotopic (exact) mass is 333 g/mol. The number of carbonyl (C=O) groups is 1. The summed E-state index contributed by atoms with van der Waals surface area (Å²) < 4.78 is 57.7. The normalized spacial score (nSPS) is 19.1. The van der Waals surface area contributed by atoms with Crippen molar-refractivity contribution < 1.29 is 31.8 Å². The van der Waals surface area contributed by atoms with Crippen LogP contribution in [0.15, 0.2) is 29.2 Å². The van der Waals surface area contributed by atoms with E-state index in [1.807, 2.05) is 0 Å². The first-order valence-electron chi connectivity index (χ1n) is 6.20. The van der Waals surface area contributed by atoms with E-state index in [1.165, 1.54) is 12.2 Å². The highest BCUT2D eigenvalue weighted by molar-refractivity contribution is 7.89. The summed E-state index contributed by atoms with van der Waals surface area (Å²) in [6.07, 6.45) is 2.74. The van der Waals surface area contributed by atoms with Gasteiger partial charge < -0.3 is 9.84 Å². The van der Waals surface area contributed by atoms with Crippen LogP contribution < -0.4 is 4.74 Å². The summed E-state index contributed by atoms with van der Waals surface area (Å²) in [7, 11) is -3.28. The maximum Gasteiger partial charge on any atom is 0.311 e. The lowest BCUT2D eigenvalue weighted by Crippen LogP contribution is -2.40. The largest absolute Gasteiger partial charge is 0.495 e. The fraction of sp³-hybridized carbons (Fsp3) is 0.308. The molecule has 22 heavy (non-hydrogen) atoms. The Morgan fingerprint density at radius 1 is 1.41 bits per heavy atom. The van der Waals surface area contributed by atoms with E-state index in [9.17, 15) is 22.0 Å². The van der Waals surface area contributed by atoms with E-state index >= 15 is 0 Å². The molecule has 0 radical (unpaired) electrons. The lowest BCUT2D eigenvalue weighted by atomic mass is 10.1. The van der Waals surface area contributed by atoms with Gasteiger partial charge in [-0.3, -0.25) is 4.79 Å². The van der Waals surface area contributed by atoms with Gasteiger partial charge in [0.25, 0.3) is 0 Å². The molecule has 1 N–H and O–H groups in total. The van der Waals surface area contributed by atoms with Gasteiger partial charge in [-0.15, -0.1) is 0 Å². The molecule has 0 saturated carbocycles. The first-order valence-corrected chi connectivity index (χ1v) is 7.64. The van der Waals surface area contributed by atoms with Crippen LogP contribution in [0.4, 0.5) is 8.78 Å². The van der Waals surface area contributed by atoms with Gasteiger partial charge in [-0.1, -0.05) is 12.2 Å². The second kappa shape index (κ2) is 6.01. The lowest BCUT2D eigenvalue weighted by molar-refractivity contribution is -0.140. The third-order valence-corrected chi connectivity index (χ3v) is 5.08. The minimum absolute atomic E-state index is 0.105. The molecule has 6 nitrogen and oxygen atoms in total. The van der Waals surface area contributed by atoms with Crippen molar-refractivity contribution in [2.45, 2.75) is 4.90 Å². The quantitative estimate of drug-likeness (QED) is 0.838. The topological polar surface area (TPSA) is 83.9 Å². The molecule has 0 spiro atoms. The van der Waals surface area contributed by atoms with E-state index in [-0.39, 0.29) is 13.1 Å². The van der Waals surface area contributed by atoms with Crippen LogP contribution in [0, 0.1) is 17.6 Å². The van der Waals surface area contributed by atoms with Gasteiger partial charge in [0.1, 0.15) is 17.4 Å². The molecule has 2 rings (SSSR count). The number of carboxylic acid groups (broad SMARTS) is 1. The second-order valence-electron chi connectivity index (χ2n) is 4.61. The smallest absolute Gasteiger partial charge is 0.311 e. The number of carboxylic acids is 1. The van der Waals surface area contributed by atoms with E-state index in [0.29, 0.717) is 6.07 Å². The molecule has 1 aromatic rings. The summed E-state index contributed by atoms with van der Waals surface area (Å²) >= 11 is 0. The predicted octanol–water partition coefficient (Wildman–Crippen LogP) is 1.23. The number of hydrogen-bond acceptors (Lipinski definition) is 4. The highest BCUT2D eigenvalue weighted by Crippen LogP contribution is 2.31. The van der Waals surface area contributed by atoms with Gasteiger partial charge in [0, 0.05) is 25.2 Å². The van der Waals surface area contributed by atoms with Gasteiger partial charge in [0.2, 0.25) is 10.0 Å². The van der Waals surface area contributed by atoms with Crippen molar-refractivity contribution >= 4 is 16.0 Å². The third kappa shape index (κ3) is 2.95. The van der Waals surface area contributed by atoms with Gasteiger partial charge in [-0.25, -0.2) is 17.2 Å². The number of hydrogen-bond donors (Lipinski definition) is 1. The van der Waals surface area contributed by atoms with Crippen LogP contribution >= 0.6 is 0 Å². The van der Waals surface area contributed by atoms with Gasteiger partial charge >= 0.3 is 5.97 Å². The molecule has 1 aromatic carbocycles. The van der Waals surface area contributed by atoms with Crippen LogP contribution in [0.5, 0.6) is 5.75 Å². The number of sulfonamides is 1. The Kier molecular flexibility index (Phi) is 4.47. The van der Waals surface area contributed by atoms with E-state index in [2.05, 4.69) is 0 Å². The Morgan fingerprint density at radius 3 is 2.68 bits per heavy atom. The van der Waals surface area contributed by atoms with Crippen LogP contribution in [0.3, 0.4) is 0 Å². The van der Waals surface area contributed by atoms with Crippen molar-refractivity contribution in [3.8, 4) is 5.75 Å². The van der Waals surface area contributed by atoms with E-state index in [4.69, 9.17) is 9.84 Å². The zero-order valence-corrected chi connectivity index (χ0v) is 12.3. The number of nitrogens with zero attached hydrogens (tertiary/aromatic N) is 1. The van der Waals surface area contributed by atoms with Crippen LogP contribution in [0.1, 0.15) is 0 Å². The molecule has 0 aromatic heterocycles. The highest BCUT2D eigenvalue weighted by atomic mass is 32.2. The molecular formula is C13H13F2NO5S. The lowest BCUT2D eigenvalue weighted by Gasteiger charge is -2.26. The number of rotatable bonds is 4. The average Bonchev–Trinajstić information content (AvgIpc) is 2.46. The molecule has 0 saturated heterocycles. The van der Waals surface area contributed by atoms with Gasteiger partial charge in [0.05, 0.1) is 13.0 Å². The maximum absolute atomic E-state index is 13.9. The first kappa shape index (κ1) is 16.4. The van der Waals surface area contributed by atoms with E-state index < -0.39 is 44.2 Å². The summed E-state index contributed by atoms with van der Waals surface area (Å²) in [5.41, 5.74) is 0. The van der Waals surface area contributed by atoms with Crippen molar-refractivity contribution in [2.75, 3.05) is 20.2 Å². The Bertz CT molecular complexity index is 732. The molecule has 0 bridgehead atoms. The van der Waals surface area contributed by atoms with E-state index in [0.717, 1.165) is 17.5 Å². The van der Waals surface area contributed by atoms with Crippen molar-refractivity contribution in [2.24, 2.45) is 5.92 Å². The van der Waals surface area contributed by atoms with Gasteiger partial charge in [-0.05, 0) is 0 Å². The number of aliphatic carboxylic acids is 1. The van der Waals surface area contributed by atoms with Crippen molar-refractivity contribution in [3.63, 3.8) is 0 Å². The SMILES string of the molecule is COc1cc(F)cc(F)c1S(=O)(=O)N1CC=CC(C(=O)O)C1. The molecule has 0 amide bonds. The molecule has 120 valence electrons. The summed E-state index contributed by atoms with van der Waals surface area (Å²) in [5, 5.41) is 8.96. The Balaban J connectivity index is 2.48. The summed E-state index contributed by atoms with van der Waals surface area (Å²) in [5.74, 6) is -4.96. The minimum Gasteiger partial charge on any atom is -0.495 e. The van der Waals surface area contributed by atoms with Crippen LogP contribution in [-0.4, -0.2) is 44.0 Å². The number of halogens is 2. The molecular weight excluding hydrogens is 320 g/mol. The molecule has 1 atom stereocenters. The van der Waals surface area contributed by atoms with Crippen molar-refractivity contribution in [1.29, 1.82) is 0 Å². The summed E-state index contributed by atoms with van der Waals surface area (Å²) in [6.45, 7) is -0.444. The molecule has 1 aliphatic heterocycles. The van der Waals surface area contributed by atoms with Gasteiger partial charge in [0.15, 0.2) is 4.90 Å². The summed E-state index contributed by atoms with van der Waals surface area (Å²) in [6, 6.07) is 1.19. The third-order valence-electron chi connectivity index (χ3n) is 3.19. The number of methoxy groups -OCH3 is 1. The standard InChI is InChI=1S/C13H13F2NO5S/c1-21-11-6-9(14)5-10(15)12(11)22(19,20)16-4-2-3-8(7-16)13(17)18/h2-3,5-6,8H,4,7H2,1H3,(H,17,18). The fourth-order valence-corrected chi connectivity index (χ4v) is 3.72. The maximum atomic E-state index is 13.9. The van der Waals surface area contributed by atoms with E-state index in [1.54, 1.807) is 0 Å². The zero-order chi connectivity index (χ0) is 16.5. The predicted molar refractivity (Wildman–Crippen MR) is 71.9 cm³/mol. The van der Waals surface area contributed by atoms with Crippen LogP contribution in [-0.2, 0) is 14.8 Å². The van der Waals surface area contributed by atoms with Crippen LogP contribution in [0.25, 0.3) is 0 Å². The average molecular weight is 333 g/mol. The molecule has 0 fully saturated rings. The molecule has 0 aliphatic carbocycles. The summed E-state index contributed by atoms with van der Waals surface area (Å²) in [4.78, 5) is 10.2. The Hall–Kier alpha value is -2.00. The molecule has 1 aliphatic rings. The number of benzene rings is 1. The van der Waals surface area contributed by atoms with Gasteiger partial charge in [-0.2, -0.15) is 4.31 Å². The Morgan fingerprint density at radius 2 is 2.09 bits per heavy atom. The van der Waals surface area contributed by atoms with Crippen molar-refractivity contribution in [1.82, 2.24) is 4.31 Å². The minimum atomic E-state index is -4.37. The number of ether oxygens (including phenoxy) is 1. The first-order chi connectivity index (χ1) is 10.3. The fourth-order valence-electron chi connectivity index (χ4n) is 2.12. The highest BCUT2D eigenvalue weighted by Gasteiger charge is 2.35. The molecule has 1 heterocycles. The van der Waals surface area contributed by atoms with Crippen LogP contribution in [0.2, 0.25) is 0 Å². The molecule has 9 heteroatoms. The second-order valence-corrected chi connectivity index (χ2v) is 6.49. The Labute approximate surface area is 125 Å².